The summed E-state index contributed by atoms with van der Waals surface area (Å²) in [5.74, 6) is 0.491. The van der Waals surface area contributed by atoms with E-state index in [1.165, 1.54) is 23.3 Å². The third-order valence-corrected chi connectivity index (χ3v) is 5.70. The molecule has 0 radical (unpaired) electrons. The molecule has 0 aliphatic carbocycles. The summed E-state index contributed by atoms with van der Waals surface area (Å²) in [4.78, 5) is 13.3. The topological polar surface area (TPSA) is 56.8 Å². The number of anilines is 1. The molecule has 1 aromatic carbocycles. The first-order chi connectivity index (χ1) is 12.3. The van der Waals surface area contributed by atoms with Gasteiger partial charge in [-0.1, -0.05) is 6.07 Å². The summed E-state index contributed by atoms with van der Waals surface area (Å²) in [5.41, 5.74) is 4.93. The van der Waals surface area contributed by atoms with Crippen molar-refractivity contribution >= 4 is 39.1 Å². The summed E-state index contributed by atoms with van der Waals surface area (Å²) < 4.78 is 13.5. The van der Waals surface area contributed by atoms with Gasteiger partial charge in [-0.05, 0) is 42.5 Å². The first-order valence-electron chi connectivity index (χ1n) is 8.28. The predicted octanol–water partition coefficient (Wildman–Crippen LogP) is 4.48. The third-order valence-electron chi connectivity index (χ3n) is 4.73. The van der Waals surface area contributed by atoms with Crippen LogP contribution < -0.4 is 5.43 Å². The average Bonchev–Trinajstić information content (AvgIpc) is 3.33. The average molecular weight is 353 g/mol. The first-order valence-corrected chi connectivity index (χ1v) is 9.16. The molecule has 2 N–H and O–H groups in total. The summed E-state index contributed by atoms with van der Waals surface area (Å²) in [7, 11) is 0. The molecule has 4 aromatic rings. The largest absolute Gasteiger partial charge is 0.339 e. The van der Waals surface area contributed by atoms with Crippen LogP contribution in [0.4, 0.5) is 10.2 Å². The number of halogens is 1. The zero-order valence-electron chi connectivity index (χ0n) is 13.4. The van der Waals surface area contributed by atoms with E-state index in [1.807, 2.05) is 0 Å². The number of benzene rings is 1. The molecule has 126 valence electrons. The van der Waals surface area contributed by atoms with E-state index in [2.05, 4.69) is 42.9 Å². The van der Waals surface area contributed by atoms with Gasteiger partial charge in [-0.2, -0.15) is 0 Å². The maximum absolute atomic E-state index is 13.5. The number of nitrogens with zero attached hydrogens (tertiary/aromatic N) is 3. The van der Waals surface area contributed by atoms with Crippen LogP contribution in [0.1, 0.15) is 23.8 Å². The lowest BCUT2D eigenvalue weighted by Gasteiger charge is -2.25. The van der Waals surface area contributed by atoms with E-state index in [0.29, 0.717) is 11.7 Å². The van der Waals surface area contributed by atoms with Crippen molar-refractivity contribution in [2.75, 3.05) is 12.0 Å². The van der Waals surface area contributed by atoms with Gasteiger partial charge in [0.2, 0.25) is 0 Å². The van der Waals surface area contributed by atoms with Gasteiger partial charge in [0, 0.05) is 16.8 Å². The van der Waals surface area contributed by atoms with E-state index in [9.17, 15) is 4.39 Å². The number of aromatic amines is 1. The standard InChI is InChI=1S/C18H16FN5S/c19-11-5-6-12-13(9-11)22-17-16(12)18(21-10-20-17)23-24-7-1-3-14(24)15-4-2-8-25-15/h2,4-6,8-10,14H,1,3,7H2,(H2,20,21,22,23). The highest BCUT2D eigenvalue weighted by molar-refractivity contribution is 7.10. The van der Waals surface area contributed by atoms with Gasteiger partial charge in [0.1, 0.15) is 17.8 Å². The molecular formula is C18H16FN5S. The molecule has 5 rings (SSSR count). The fourth-order valence-corrected chi connectivity index (χ4v) is 4.47. The molecule has 1 atom stereocenters. The van der Waals surface area contributed by atoms with E-state index in [0.717, 1.165) is 41.5 Å². The van der Waals surface area contributed by atoms with E-state index < -0.39 is 0 Å². The summed E-state index contributed by atoms with van der Waals surface area (Å²) in [6.45, 7) is 0.963. The molecule has 1 saturated heterocycles. The van der Waals surface area contributed by atoms with Gasteiger partial charge in [0.25, 0.3) is 0 Å². The number of hydrogen-bond acceptors (Lipinski definition) is 5. The van der Waals surface area contributed by atoms with Crippen LogP contribution >= 0.6 is 11.3 Å². The Labute approximate surface area is 147 Å². The molecule has 7 heteroatoms. The summed E-state index contributed by atoms with van der Waals surface area (Å²) in [6.07, 6.45) is 3.80. The van der Waals surface area contributed by atoms with Crippen molar-refractivity contribution in [3.8, 4) is 0 Å². The van der Waals surface area contributed by atoms with E-state index in [1.54, 1.807) is 17.4 Å². The van der Waals surface area contributed by atoms with Crippen molar-refractivity contribution in [1.29, 1.82) is 0 Å². The van der Waals surface area contributed by atoms with Crippen LogP contribution in [0.25, 0.3) is 21.9 Å². The number of H-pyrrole nitrogens is 1. The second-order valence-electron chi connectivity index (χ2n) is 6.24. The minimum Gasteiger partial charge on any atom is -0.339 e. The Hall–Kier alpha value is -2.51. The fourth-order valence-electron chi connectivity index (χ4n) is 3.60. The van der Waals surface area contributed by atoms with Crippen LogP contribution in [-0.4, -0.2) is 26.5 Å². The van der Waals surface area contributed by atoms with E-state index >= 15 is 0 Å². The zero-order chi connectivity index (χ0) is 16.8. The van der Waals surface area contributed by atoms with Crippen molar-refractivity contribution in [3.05, 3.63) is 52.7 Å². The van der Waals surface area contributed by atoms with Crippen LogP contribution in [0.2, 0.25) is 0 Å². The van der Waals surface area contributed by atoms with Crippen molar-refractivity contribution in [1.82, 2.24) is 20.0 Å². The molecule has 1 unspecified atom stereocenters. The number of fused-ring (bicyclic) bond motifs is 3. The Morgan fingerprint density at radius 1 is 1.28 bits per heavy atom. The SMILES string of the molecule is Fc1ccc2c(c1)[nH]c1ncnc(NN3CCCC3c3cccs3)c12. The molecule has 3 aromatic heterocycles. The molecule has 1 fully saturated rings. The molecule has 1 aliphatic rings. The summed E-state index contributed by atoms with van der Waals surface area (Å²) >= 11 is 1.78. The van der Waals surface area contributed by atoms with E-state index in [-0.39, 0.29) is 5.82 Å². The van der Waals surface area contributed by atoms with Gasteiger partial charge in [0.05, 0.1) is 16.9 Å². The zero-order valence-corrected chi connectivity index (χ0v) is 14.2. The minimum atomic E-state index is -0.265. The number of hydrogen-bond donors (Lipinski definition) is 2. The number of rotatable bonds is 3. The highest BCUT2D eigenvalue weighted by Crippen LogP contribution is 2.36. The van der Waals surface area contributed by atoms with E-state index in [4.69, 9.17) is 0 Å². The molecule has 0 saturated carbocycles. The molecular weight excluding hydrogens is 337 g/mol. The second kappa shape index (κ2) is 5.79. The number of hydrazine groups is 1. The molecule has 25 heavy (non-hydrogen) atoms. The first kappa shape index (κ1) is 14.8. The van der Waals surface area contributed by atoms with Gasteiger partial charge in [0.15, 0.2) is 5.82 Å². The minimum absolute atomic E-state index is 0.265. The Balaban J connectivity index is 1.57. The smallest absolute Gasteiger partial charge is 0.153 e. The summed E-state index contributed by atoms with van der Waals surface area (Å²) in [5, 5.41) is 6.18. The third kappa shape index (κ3) is 2.47. The maximum atomic E-state index is 13.5. The van der Waals surface area contributed by atoms with Crippen molar-refractivity contribution in [3.63, 3.8) is 0 Å². The lowest BCUT2D eigenvalue weighted by atomic mass is 10.2. The molecule has 0 bridgehead atoms. The van der Waals surface area contributed by atoms with Crippen LogP contribution in [0.15, 0.2) is 42.0 Å². The second-order valence-corrected chi connectivity index (χ2v) is 7.22. The van der Waals surface area contributed by atoms with Crippen molar-refractivity contribution in [2.45, 2.75) is 18.9 Å². The van der Waals surface area contributed by atoms with Gasteiger partial charge in [-0.15, -0.1) is 11.3 Å². The maximum Gasteiger partial charge on any atom is 0.153 e. The van der Waals surface area contributed by atoms with Crippen LogP contribution in [-0.2, 0) is 0 Å². The number of thiophene rings is 1. The van der Waals surface area contributed by atoms with Crippen molar-refractivity contribution in [2.24, 2.45) is 0 Å². The Morgan fingerprint density at radius 2 is 2.24 bits per heavy atom. The number of nitrogens with one attached hydrogen (secondary N) is 2. The van der Waals surface area contributed by atoms with Crippen LogP contribution in [0.3, 0.4) is 0 Å². The van der Waals surface area contributed by atoms with Gasteiger partial charge in [-0.3, -0.25) is 0 Å². The lowest BCUT2D eigenvalue weighted by Crippen LogP contribution is -2.29. The monoisotopic (exact) mass is 353 g/mol. The number of aromatic nitrogens is 3. The van der Waals surface area contributed by atoms with Crippen LogP contribution in [0.5, 0.6) is 0 Å². The molecule has 0 spiro atoms. The van der Waals surface area contributed by atoms with Gasteiger partial charge in [-0.25, -0.2) is 19.4 Å². The van der Waals surface area contributed by atoms with Crippen LogP contribution in [0, 0.1) is 5.82 Å². The lowest BCUT2D eigenvalue weighted by molar-refractivity contribution is 0.315. The summed E-state index contributed by atoms with van der Waals surface area (Å²) in [6, 6.07) is 9.36. The molecule has 5 nitrogen and oxygen atoms in total. The quantitative estimate of drug-likeness (QED) is 0.570. The Morgan fingerprint density at radius 3 is 3.12 bits per heavy atom. The molecule has 0 amide bonds. The predicted molar refractivity (Wildman–Crippen MR) is 98.0 cm³/mol. The van der Waals surface area contributed by atoms with Gasteiger partial charge < -0.3 is 10.4 Å². The Bertz CT molecular complexity index is 1040. The van der Waals surface area contributed by atoms with Gasteiger partial charge >= 0.3 is 0 Å². The fraction of sp³-hybridized carbons (Fsp3) is 0.222. The molecule has 1 aliphatic heterocycles. The highest BCUT2D eigenvalue weighted by Gasteiger charge is 2.27. The highest BCUT2D eigenvalue weighted by atomic mass is 32.1. The molecule has 4 heterocycles. The Kier molecular flexibility index (Phi) is 3.43. The van der Waals surface area contributed by atoms with Crippen molar-refractivity contribution < 1.29 is 4.39 Å². The normalized spacial score (nSPS) is 18.4.